The van der Waals surface area contributed by atoms with E-state index in [1.165, 1.54) is 0 Å². The van der Waals surface area contributed by atoms with Gasteiger partial charge in [-0.3, -0.25) is 4.79 Å². The number of hydrogen-bond donors (Lipinski definition) is 3. The van der Waals surface area contributed by atoms with Crippen molar-refractivity contribution in [3.05, 3.63) is 34.9 Å². The number of halogens is 1. The Morgan fingerprint density at radius 2 is 1.86 bits per heavy atom. The SMILES string of the molecule is O=C(CNC(=O)NC1CC1)NC1(c2ccc(Cl)cc2)CCC1. The molecule has 2 saturated carbocycles. The maximum absolute atomic E-state index is 12.1. The Morgan fingerprint density at radius 3 is 2.41 bits per heavy atom. The summed E-state index contributed by atoms with van der Waals surface area (Å²) in [5.74, 6) is -0.166. The van der Waals surface area contributed by atoms with Gasteiger partial charge in [-0.2, -0.15) is 0 Å². The molecule has 0 atom stereocenters. The third-order valence-corrected chi connectivity index (χ3v) is 4.56. The Balaban J connectivity index is 1.54. The number of urea groups is 1. The van der Waals surface area contributed by atoms with Crippen molar-refractivity contribution in [2.75, 3.05) is 6.54 Å². The molecule has 22 heavy (non-hydrogen) atoms. The topological polar surface area (TPSA) is 70.2 Å². The molecule has 2 fully saturated rings. The van der Waals surface area contributed by atoms with Crippen LogP contribution in [0.25, 0.3) is 0 Å². The second-order valence-electron chi connectivity index (χ2n) is 6.09. The third-order valence-electron chi connectivity index (χ3n) is 4.30. The minimum absolute atomic E-state index is 0.00606. The summed E-state index contributed by atoms with van der Waals surface area (Å²) in [7, 11) is 0. The number of rotatable bonds is 5. The van der Waals surface area contributed by atoms with Crippen molar-refractivity contribution in [2.24, 2.45) is 0 Å². The largest absolute Gasteiger partial charge is 0.345 e. The molecule has 0 heterocycles. The highest BCUT2D eigenvalue weighted by molar-refractivity contribution is 6.30. The van der Waals surface area contributed by atoms with E-state index in [1.54, 1.807) is 0 Å². The summed E-state index contributed by atoms with van der Waals surface area (Å²) in [6, 6.07) is 7.60. The van der Waals surface area contributed by atoms with Gasteiger partial charge in [-0.25, -0.2) is 4.79 Å². The van der Waals surface area contributed by atoms with E-state index in [4.69, 9.17) is 11.6 Å². The smallest absolute Gasteiger partial charge is 0.315 e. The normalized spacial score (nSPS) is 19.0. The van der Waals surface area contributed by atoms with Gasteiger partial charge in [0.05, 0.1) is 12.1 Å². The molecule has 0 saturated heterocycles. The molecular formula is C16H20ClN3O2. The lowest BCUT2D eigenvalue weighted by Crippen LogP contribution is -2.53. The molecule has 5 nitrogen and oxygen atoms in total. The first kappa shape index (κ1) is 15.2. The number of hydrogen-bond acceptors (Lipinski definition) is 2. The van der Waals surface area contributed by atoms with Crippen molar-refractivity contribution in [2.45, 2.75) is 43.7 Å². The molecule has 3 amide bonds. The molecule has 0 aliphatic heterocycles. The van der Waals surface area contributed by atoms with Gasteiger partial charge in [0.15, 0.2) is 0 Å². The maximum atomic E-state index is 12.1. The lowest BCUT2D eigenvalue weighted by molar-refractivity contribution is -0.123. The summed E-state index contributed by atoms with van der Waals surface area (Å²) in [6.45, 7) is -0.00606. The molecule has 1 aromatic rings. The molecule has 0 aromatic heterocycles. The number of amides is 3. The van der Waals surface area contributed by atoms with Crippen LogP contribution in [0.1, 0.15) is 37.7 Å². The number of benzene rings is 1. The van der Waals surface area contributed by atoms with Gasteiger partial charge in [0.2, 0.25) is 5.91 Å². The maximum Gasteiger partial charge on any atom is 0.315 e. The molecule has 3 rings (SSSR count). The van der Waals surface area contributed by atoms with E-state index in [0.29, 0.717) is 5.02 Å². The fourth-order valence-corrected chi connectivity index (χ4v) is 2.85. The molecular weight excluding hydrogens is 302 g/mol. The predicted octanol–water partition coefficient (Wildman–Crippen LogP) is 2.30. The highest BCUT2D eigenvalue weighted by Crippen LogP contribution is 2.41. The van der Waals surface area contributed by atoms with E-state index in [0.717, 1.165) is 37.7 Å². The first-order chi connectivity index (χ1) is 10.6. The minimum Gasteiger partial charge on any atom is -0.345 e. The molecule has 2 aliphatic rings. The number of carbonyl (C=O) groups is 2. The van der Waals surface area contributed by atoms with Gasteiger partial charge in [-0.1, -0.05) is 23.7 Å². The summed E-state index contributed by atoms with van der Waals surface area (Å²) in [5.41, 5.74) is 0.759. The molecule has 0 unspecified atom stereocenters. The standard InChI is InChI=1S/C16H20ClN3O2/c17-12-4-2-11(3-5-12)16(8-1-9-16)20-14(21)10-18-15(22)19-13-6-7-13/h2-5,13H,1,6-10H2,(H,20,21)(H2,18,19,22). The van der Waals surface area contributed by atoms with Crippen LogP contribution in [-0.2, 0) is 10.3 Å². The highest BCUT2D eigenvalue weighted by atomic mass is 35.5. The molecule has 0 bridgehead atoms. The van der Waals surface area contributed by atoms with E-state index >= 15 is 0 Å². The number of nitrogens with one attached hydrogen (secondary N) is 3. The molecule has 6 heteroatoms. The lowest BCUT2D eigenvalue weighted by Gasteiger charge is -2.43. The Kier molecular flexibility index (Phi) is 4.25. The quantitative estimate of drug-likeness (QED) is 0.778. The Morgan fingerprint density at radius 1 is 1.18 bits per heavy atom. The summed E-state index contributed by atoms with van der Waals surface area (Å²) < 4.78 is 0. The van der Waals surface area contributed by atoms with Crippen molar-refractivity contribution >= 4 is 23.5 Å². The monoisotopic (exact) mass is 321 g/mol. The third kappa shape index (κ3) is 3.53. The van der Waals surface area contributed by atoms with Gasteiger partial charge >= 0.3 is 6.03 Å². The van der Waals surface area contributed by atoms with Gasteiger partial charge in [0.1, 0.15) is 0 Å². The van der Waals surface area contributed by atoms with Crippen molar-refractivity contribution < 1.29 is 9.59 Å². The Hall–Kier alpha value is -1.75. The average Bonchev–Trinajstić information content (AvgIpc) is 3.26. The zero-order valence-electron chi connectivity index (χ0n) is 12.3. The zero-order valence-corrected chi connectivity index (χ0v) is 13.1. The first-order valence-electron chi connectivity index (χ1n) is 7.69. The van der Waals surface area contributed by atoms with Crippen LogP contribution in [0.2, 0.25) is 5.02 Å². The van der Waals surface area contributed by atoms with Crippen molar-refractivity contribution in [1.82, 2.24) is 16.0 Å². The summed E-state index contributed by atoms with van der Waals surface area (Å²) in [6.07, 6.45) is 4.96. The predicted molar refractivity (Wildman–Crippen MR) is 84.7 cm³/mol. The summed E-state index contributed by atoms with van der Waals surface area (Å²) in [5, 5.41) is 9.14. The van der Waals surface area contributed by atoms with E-state index in [-0.39, 0.29) is 30.1 Å². The van der Waals surface area contributed by atoms with Gasteiger partial charge in [0.25, 0.3) is 0 Å². The van der Waals surface area contributed by atoms with E-state index < -0.39 is 0 Å². The van der Waals surface area contributed by atoms with Crippen LogP contribution in [0.4, 0.5) is 4.79 Å². The van der Waals surface area contributed by atoms with Crippen LogP contribution in [-0.4, -0.2) is 24.5 Å². The van der Waals surface area contributed by atoms with E-state index in [2.05, 4.69) is 16.0 Å². The van der Waals surface area contributed by atoms with Crippen molar-refractivity contribution in [3.63, 3.8) is 0 Å². The zero-order chi connectivity index (χ0) is 15.6. The molecule has 118 valence electrons. The second-order valence-corrected chi connectivity index (χ2v) is 6.53. The molecule has 0 radical (unpaired) electrons. The molecule has 2 aliphatic carbocycles. The molecule has 0 spiro atoms. The summed E-state index contributed by atoms with van der Waals surface area (Å²) in [4.78, 5) is 23.7. The van der Waals surface area contributed by atoms with Crippen LogP contribution >= 0.6 is 11.6 Å². The molecule has 1 aromatic carbocycles. The van der Waals surface area contributed by atoms with Gasteiger partial charge in [-0.15, -0.1) is 0 Å². The van der Waals surface area contributed by atoms with Crippen LogP contribution in [0.15, 0.2) is 24.3 Å². The van der Waals surface area contributed by atoms with Crippen LogP contribution in [0, 0.1) is 0 Å². The van der Waals surface area contributed by atoms with Crippen LogP contribution in [0.3, 0.4) is 0 Å². The van der Waals surface area contributed by atoms with Gasteiger partial charge < -0.3 is 16.0 Å². The average molecular weight is 322 g/mol. The highest BCUT2D eigenvalue weighted by Gasteiger charge is 2.39. The first-order valence-corrected chi connectivity index (χ1v) is 8.07. The fourth-order valence-electron chi connectivity index (χ4n) is 2.72. The van der Waals surface area contributed by atoms with Gasteiger partial charge in [-0.05, 0) is 49.8 Å². The minimum atomic E-state index is -0.309. The summed E-state index contributed by atoms with van der Waals surface area (Å²) >= 11 is 5.92. The van der Waals surface area contributed by atoms with Crippen molar-refractivity contribution in [1.29, 1.82) is 0 Å². The van der Waals surface area contributed by atoms with Crippen LogP contribution < -0.4 is 16.0 Å². The number of carbonyl (C=O) groups excluding carboxylic acids is 2. The lowest BCUT2D eigenvalue weighted by atomic mass is 9.72. The van der Waals surface area contributed by atoms with Crippen LogP contribution in [0.5, 0.6) is 0 Å². The Labute approximate surface area is 134 Å². The van der Waals surface area contributed by atoms with Crippen molar-refractivity contribution in [3.8, 4) is 0 Å². The second kappa shape index (κ2) is 6.16. The Bertz CT molecular complexity index is 565. The van der Waals surface area contributed by atoms with E-state index in [1.807, 2.05) is 24.3 Å². The van der Waals surface area contributed by atoms with E-state index in [9.17, 15) is 9.59 Å². The molecule has 3 N–H and O–H groups in total. The van der Waals surface area contributed by atoms with Gasteiger partial charge in [0, 0.05) is 11.1 Å². The fraction of sp³-hybridized carbons (Fsp3) is 0.500.